The number of carbonyl (C=O) groups excluding carboxylic acids is 1. The van der Waals surface area contributed by atoms with E-state index in [9.17, 15) is 4.79 Å². The molecule has 0 fully saturated rings. The molecule has 0 aliphatic rings. The Balaban J connectivity index is 1.51. The van der Waals surface area contributed by atoms with Gasteiger partial charge in [-0.2, -0.15) is 0 Å². The van der Waals surface area contributed by atoms with E-state index in [1.807, 2.05) is 54.6 Å². The molecule has 0 spiro atoms. The minimum absolute atomic E-state index is 0.186. The van der Waals surface area contributed by atoms with Crippen molar-refractivity contribution in [1.29, 1.82) is 0 Å². The maximum absolute atomic E-state index is 12.5. The van der Waals surface area contributed by atoms with Crippen LogP contribution in [0.5, 0.6) is 0 Å². The Bertz CT molecular complexity index is 1050. The largest absolute Gasteiger partial charge is 0.457 e. The molecule has 2 aromatic carbocycles. The first-order valence-corrected chi connectivity index (χ1v) is 9.02. The van der Waals surface area contributed by atoms with Crippen LogP contribution in [-0.4, -0.2) is 15.9 Å². The lowest BCUT2D eigenvalue weighted by molar-refractivity contribution is -0.117. The number of para-hydroxylation sites is 3. The molecular weight excluding hydrogens is 338 g/mol. The average Bonchev–Trinajstić information content (AvgIpc) is 3.27. The lowest BCUT2D eigenvalue weighted by atomic mass is 10.0. The van der Waals surface area contributed by atoms with Gasteiger partial charge in [0.1, 0.15) is 17.2 Å². The molecule has 0 saturated heterocycles. The third-order valence-corrected chi connectivity index (χ3v) is 4.51. The number of nitrogens with zero attached hydrogens (tertiary/aromatic N) is 1. The maximum atomic E-state index is 12.5. The predicted octanol–water partition coefficient (Wildman–Crippen LogP) is 4.84. The minimum atomic E-state index is -0.203. The van der Waals surface area contributed by atoms with Crippen LogP contribution in [-0.2, 0) is 4.79 Å². The van der Waals surface area contributed by atoms with E-state index in [2.05, 4.69) is 29.1 Å². The number of nitrogens with one attached hydrogen (secondary N) is 2. The first kappa shape index (κ1) is 17.1. The number of amides is 1. The molecule has 2 heterocycles. The van der Waals surface area contributed by atoms with Gasteiger partial charge in [0.25, 0.3) is 0 Å². The van der Waals surface area contributed by atoms with Gasteiger partial charge in [0, 0.05) is 11.5 Å². The standard InChI is InChI=1S/C22H21N3O2/c1-14(2)21(22-23-17-8-4-5-9-18(17)24-22)25-20(26)12-11-16-13-15-7-3-6-10-19(15)27-16/h3-14,21H,1-2H3,(H,23,24)(H,25,26)/b12-11+/t21-/m0/s1. The smallest absolute Gasteiger partial charge is 0.244 e. The highest BCUT2D eigenvalue weighted by atomic mass is 16.3. The summed E-state index contributed by atoms with van der Waals surface area (Å²) in [6.07, 6.45) is 3.18. The topological polar surface area (TPSA) is 70.9 Å². The number of carbonyl (C=O) groups is 1. The molecule has 136 valence electrons. The molecule has 27 heavy (non-hydrogen) atoms. The predicted molar refractivity (Wildman–Crippen MR) is 107 cm³/mol. The summed E-state index contributed by atoms with van der Waals surface area (Å²) in [5.74, 6) is 1.41. The summed E-state index contributed by atoms with van der Waals surface area (Å²) < 4.78 is 5.71. The van der Waals surface area contributed by atoms with Crippen molar-refractivity contribution in [2.24, 2.45) is 5.92 Å². The van der Waals surface area contributed by atoms with Crippen LogP contribution >= 0.6 is 0 Å². The zero-order valence-electron chi connectivity index (χ0n) is 15.3. The molecule has 0 bridgehead atoms. The summed E-state index contributed by atoms with van der Waals surface area (Å²) in [7, 11) is 0. The molecule has 0 aliphatic heterocycles. The fraction of sp³-hybridized carbons (Fsp3) is 0.182. The molecule has 5 nitrogen and oxygen atoms in total. The lowest BCUT2D eigenvalue weighted by Gasteiger charge is -2.19. The first-order chi connectivity index (χ1) is 13.1. The van der Waals surface area contributed by atoms with E-state index < -0.39 is 0 Å². The number of fused-ring (bicyclic) bond motifs is 2. The van der Waals surface area contributed by atoms with Crippen LogP contribution in [0.3, 0.4) is 0 Å². The van der Waals surface area contributed by atoms with E-state index in [-0.39, 0.29) is 17.9 Å². The van der Waals surface area contributed by atoms with E-state index in [4.69, 9.17) is 4.42 Å². The number of imidazole rings is 1. The molecule has 0 unspecified atom stereocenters. The van der Waals surface area contributed by atoms with Gasteiger partial charge < -0.3 is 14.7 Å². The fourth-order valence-corrected chi connectivity index (χ4v) is 3.11. The molecule has 1 amide bonds. The number of benzene rings is 2. The van der Waals surface area contributed by atoms with E-state index in [1.54, 1.807) is 6.08 Å². The van der Waals surface area contributed by atoms with Crippen molar-refractivity contribution in [3.8, 4) is 0 Å². The highest BCUT2D eigenvalue weighted by Gasteiger charge is 2.21. The van der Waals surface area contributed by atoms with Crippen LogP contribution < -0.4 is 5.32 Å². The molecular formula is C22H21N3O2. The summed E-state index contributed by atoms with van der Waals surface area (Å²) in [4.78, 5) is 20.4. The second kappa shape index (κ2) is 7.11. The van der Waals surface area contributed by atoms with Crippen molar-refractivity contribution in [2.45, 2.75) is 19.9 Å². The maximum Gasteiger partial charge on any atom is 0.244 e. The second-order valence-electron chi connectivity index (χ2n) is 6.89. The van der Waals surface area contributed by atoms with Crippen LogP contribution in [0.25, 0.3) is 28.1 Å². The molecule has 5 heteroatoms. The SMILES string of the molecule is CC(C)[C@H](NC(=O)/C=C/c1cc2ccccc2o1)c1nc2ccccc2[nH]1. The molecule has 4 aromatic rings. The highest BCUT2D eigenvalue weighted by Crippen LogP contribution is 2.23. The quantitative estimate of drug-likeness (QED) is 0.501. The Morgan fingerprint density at radius 2 is 1.93 bits per heavy atom. The van der Waals surface area contributed by atoms with Crippen LogP contribution in [0.1, 0.15) is 31.5 Å². The van der Waals surface area contributed by atoms with Crippen LogP contribution in [0.2, 0.25) is 0 Å². The zero-order chi connectivity index (χ0) is 18.8. The van der Waals surface area contributed by atoms with Gasteiger partial charge in [-0.05, 0) is 36.3 Å². The van der Waals surface area contributed by atoms with E-state index >= 15 is 0 Å². The van der Waals surface area contributed by atoms with E-state index in [0.29, 0.717) is 5.76 Å². The number of aromatic nitrogens is 2. The molecule has 2 N–H and O–H groups in total. The number of furan rings is 1. The molecule has 0 radical (unpaired) electrons. The number of aromatic amines is 1. The summed E-state index contributed by atoms with van der Waals surface area (Å²) in [5, 5.41) is 4.05. The Hall–Kier alpha value is -3.34. The Morgan fingerprint density at radius 3 is 2.70 bits per heavy atom. The van der Waals surface area contributed by atoms with Crippen molar-refractivity contribution >= 4 is 34.0 Å². The van der Waals surface area contributed by atoms with Gasteiger partial charge >= 0.3 is 0 Å². The highest BCUT2D eigenvalue weighted by molar-refractivity contribution is 5.92. The lowest BCUT2D eigenvalue weighted by Crippen LogP contribution is -2.31. The Morgan fingerprint density at radius 1 is 1.15 bits per heavy atom. The minimum Gasteiger partial charge on any atom is -0.457 e. The van der Waals surface area contributed by atoms with Gasteiger partial charge in [-0.3, -0.25) is 4.79 Å². The van der Waals surface area contributed by atoms with E-state index in [1.165, 1.54) is 6.08 Å². The van der Waals surface area contributed by atoms with Crippen LogP contribution in [0.15, 0.2) is 65.1 Å². The Kier molecular flexibility index (Phi) is 4.50. The van der Waals surface area contributed by atoms with Gasteiger partial charge in [-0.15, -0.1) is 0 Å². The first-order valence-electron chi connectivity index (χ1n) is 9.02. The van der Waals surface area contributed by atoms with Crippen molar-refractivity contribution in [3.05, 3.63) is 72.3 Å². The van der Waals surface area contributed by atoms with Gasteiger partial charge in [-0.1, -0.05) is 44.2 Å². The van der Waals surface area contributed by atoms with Crippen LogP contribution in [0.4, 0.5) is 0 Å². The van der Waals surface area contributed by atoms with Crippen molar-refractivity contribution in [3.63, 3.8) is 0 Å². The number of H-pyrrole nitrogens is 1. The van der Waals surface area contributed by atoms with Gasteiger partial charge in [-0.25, -0.2) is 4.98 Å². The Labute approximate surface area is 157 Å². The van der Waals surface area contributed by atoms with Crippen molar-refractivity contribution in [1.82, 2.24) is 15.3 Å². The summed E-state index contributed by atoms with van der Waals surface area (Å²) in [6, 6.07) is 17.3. The average molecular weight is 359 g/mol. The molecule has 2 aromatic heterocycles. The zero-order valence-corrected chi connectivity index (χ0v) is 15.3. The number of hydrogen-bond donors (Lipinski definition) is 2. The number of rotatable bonds is 5. The van der Waals surface area contributed by atoms with Gasteiger partial charge in [0.05, 0.1) is 17.1 Å². The number of hydrogen-bond acceptors (Lipinski definition) is 3. The van der Waals surface area contributed by atoms with Crippen LogP contribution in [0, 0.1) is 5.92 Å². The summed E-state index contributed by atoms with van der Waals surface area (Å²) in [6.45, 7) is 4.11. The van der Waals surface area contributed by atoms with E-state index in [0.717, 1.165) is 27.8 Å². The van der Waals surface area contributed by atoms with Crippen molar-refractivity contribution < 1.29 is 9.21 Å². The normalized spacial score (nSPS) is 13.0. The third kappa shape index (κ3) is 3.62. The molecule has 0 saturated carbocycles. The van der Waals surface area contributed by atoms with Gasteiger partial charge in [0.2, 0.25) is 5.91 Å². The third-order valence-electron chi connectivity index (χ3n) is 4.51. The summed E-state index contributed by atoms with van der Waals surface area (Å²) in [5.41, 5.74) is 2.66. The monoisotopic (exact) mass is 359 g/mol. The molecule has 1 atom stereocenters. The fourth-order valence-electron chi connectivity index (χ4n) is 3.11. The molecule has 4 rings (SSSR count). The second-order valence-corrected chi connectivity index (χ2v) is 6.89. The summed E-state index contributed by atoms with van der Waals surface area (Å²) >= 11 is 0. The van der Waals surface area contributed by atoms with Crippen molar-refractivity contribution in [2.75, 3.05) is 0 Å². The van der Waals surface area contributed by atoms with Gasteiger partial charge in [0.15, 0.2) is 0 Å². The molecule has 0 aliphatic carbocycles.